The van der Waals surface area contributed by atoms with Gasteiger partial charge in [-0.25, -0.2) is 0 Å². The quantitative estimate of drug-likeness (QED) is 0.107. The van der Waals surface area contributed by atoms with Crippen LogP contribution >= 0.6 is 0 Å². The molecular weight excluding hydrogens is 897 g/mol. The fourth-order valence-corrected chi connectivity index (χ4v) is 11.4. The van der Waals surface area contributed by atoms with Gasteiger partial charge in [-0.3, -0.25) is 0 Å². The molecule has 8 rings (SSSR count). The minimum atomic E-state index is -1.89. The van der Waals surface area contributed by atoms with Crippen LogP contribution in [0.15, 0.2) is 114 Å². The van der Waals surface area contributed by atoms with E-state index in [9.17, 15) is 0 Å². The summed E-state index contributed by atoms with van der Waals surface area (Å²) in [5.74, 6) is 8.89. The van der Waals surface area contributed by atoms with Crippen molar-refractivity contribution in [2.24, 2.45) is 5.92 Å². The third-order valence-corrected chi connectivity index (χ3v) is 15.5. The summed E-state index contributed by atoms with van der Waals surface area (Å²) in [6, 6.07) is 40.8. The minimum absolute atomic E-state index is 0. The van der Waals surface area contributed by atoms with E-state index in [-0.39, 0.29) is 20.1 Å². The summed E-state index contributed by atoms with van der Waals surface area (Å²) in [7, 11) is 0. The number of nitrogens with zero attached hydrogens (tertiary/aromatic N) is 2. The van der Waals surface area contributed by atoms with Crippen LogP contribution in [-0.2, 0) is 26.5 Å². The summed E-state index contributed by atoms with van der Waals surface area (Å²) in [5.41, 5.74) is 12.4. The minimum Gasteiger partial charge on any atom is 0 e. The van der Waals surface area contributed by atoms with Gasteiger partial charge in [-0.1, -0.05) is 79.4 Å². The predicted molar refractivity (Wildman–Crippen MR) is 226 cm³/mol. The van der Waals surface area contributed by atoms with E-state index in [1.54, 1.807) is 9.96 Å². The SMILES string of the molecule is CCC(CC)c1ccnc(-c2[c-]c3oc4cc(-c5ccccc5)ccc4c3cc2)c1.Cc1ccc[c-]c1-c1cc(CC2CCCC2)[c]([Ge]([CH3])([CH3])[CH3])cn1.[Ir]. The molecule has 0 aliphatic heterocycles. The van der Waals surface area contributed by atoms with Crippen molar-refractivity contribution in [2.75, 3.05) is 0 Å². The molecular formula is C49H52GeIrN2O-2. The molecule has 0 amide bonds. The van der Waals surface area contributed by atoms with Crippen LogP contribution in [0.4, 0.5) is 0 Å². The van der Waals surface area contributed by atoms with Crippen molar-refractivity contribution in [3.63, 3.8) is 0 Å². The molecule has 0 atom stereocenters. The molecule has 0 unspecified atom stereocenters. The molecule has 1 aliphatic rings. The summed E-state index contributed by atoms with van der Waals surface area (Å²) in [6.07, 6.45) is 13.3. The van der Waals surface area contributed by atoms with Gasteiger partial charge >= 0.3 is 144 Å². The molecule has 0 N–H and O–H groups in total. The Balaban J connectivity index is 0.000000187. The van der Waals surface area contributed by atoms with Gasteiger partial charge in [0, 0.05) is 26.3 Å². The third-order valence-electron chi connectivity index (χ3n) is 11.1. The smallest absolute Gasteiger partial charge is 0 e. The van der Waals surface area contributed by atoms with Crippen LogP contribution in [0, 0.1) is 25.0 Å². The maximum atomic E-state index is 6.21. The van der Waals surface area contributed by atoms with Crippen molar-refractivity contribution in [3.05, 3.63) is 138 Å². The van der Waals surface area contributed by atoms with E-state index in [0.29, 0.717) is 5.92 Å². The first-order valence-corrected chi connectivity index (χ1v) is 26.9. The Morgan fingerprint density at radius 3 is 2.28 bits per heavy atom. The zero-order valence-electron chi connectivity index (χ0n) is 32.6. The van der Waals surface area contributed by atoms with Gasteiger partial charge in [0.15, 0.2) is 0 Å². The predicted octanol–water partition coefficient (Wildman–Crippen LogP) is 13.2. The van der Waals surface area contributed by atoms with E-state index in [0.717, 1.165) is 68.8 Å². The van der Waals surface area contributed by atoms with Crippen LogP contribution in [-0.4, -0.2) is 23.2 Å². The summed E-state index contributed by atoms with van der Waals surface area (Å²) in [4.78, 5) is 9.43. The van der Waals surface area contributed by atoms with Gasteiger partial charge in [0.25, 0.3) is 0 Å². The van der Waals surface area contributed by atoms with Crippen LogP contribution in [0.3, 0.4) is 0 Å². The largest absolute Gasteiger partial charge is 0 e. The van der Waals surface area contributed by atoms with Crippen LogP contribution < -0.4 is 4.40 Å². The maximum Gasteiger partial charge on any atom is 0 e. The first-order chi connectivity index (χ1) is 25.7. The molecule has 5 heteroatoms. The molecule has 3 aromatic heterocycles. The first-order valence-electron chi connectivity index (χ1n) is 19.6. The molecule has 7 aromatic rings. The number of furan rings is 1. The van der Waals surface area contributed by atoms with Crippen molar-refractivity contribution in [1.29, 1.82) is 0 Å². The molecule has 0 spiro atoms. The Morgan fingerprint density at radius 1 is 0.796 bits per heavy atom. The monoisotopic (exact) mass is 951 g/mol. The molecule has 279 valence electrons. The van der Waals surface area contributed by atoms with Gasteiger partial charge in [-0.15, -0.1) is 17.7 Å². The normalized spacial score (nSPS) is 13.2. The molecule has 1 aliphatic carbocycles. The Morgan fingerprint density at radius 2 is 1.56 bits per heavy atom. The number of hydrogen-bond donors (Lipinski definition) is 0. The topological polar surface area (TPSA) is 38.9 Å². The van der Waals surface area contributed by atoms with E-state index in [2.05, 4.69) is 146 Å². The van der Waals surface area contributed by atoms with Crippen molar-refractivity contribution < 1.29 is 24.5 Å². The van der Waals surface area contributed by atoms with Gasteiger partial charge in [0.05, 0.1) is 5.58 Å². The standard InChI is InChI=1S/C28H24NO.C21H28GeN.Ir/c1-3-19(4-2)22-14-15-29-26(16-22)23-11-13-25-24-12-10-21(20-8-6-5-7-9-20)17-27(24)30-28(25)18-23;1-16-9-5-8-12-19(16)21-14-18(13-17-10-6-7-11-17)20(15-23-21)22(2,3)4;/h5-17,19H,3-4H2,1-2H3;5,8-9,14-15,17H,6-7,10-11,13H2,1-4H3;/q2*-1;. The Hall–Kier alpha value is -3.83. The summed E-state index contributed by atoms with van der Waals surface area (Å²) < 4.78 is 7.81. The first kappa shape index (κ1) is 39.9. The van der Waals surface area contributed by atoms with Crippen molar-refractivity contribution in [1.82, 2.24) is 9.97 Å². The van der Waals surface area contributed by atoms with Crippen molar-refractivity contribution in [3.8, 4) is 33.6 Å². The van der Waals surface area contributed by atoms with E-state index < -0.39 is 13.3 Å². The number of fused-ring (bicyclic) bond motifs is 3. The molecule has 0 bridgehead atoms. The second kappa shape index (κ2) is 17.8. The second-order valence-corrected chi connectivity index (χ2v) is 26.4. The molecule has 1 fully saturated rings. The van der Waals surface area contributed by atoms with Gasteiger partial charge in [-0.2, -0.15) is 0 Å². The average molecular weight is 950 g/mol. The zero-order valence-corrected chi connectivity index (χ0v) is 37.1. The number of benzene rings is 4. The fourth-order valence-electron chi connectivity index (χ4n) is 8.07. The fraction of sp³-hybridized carbons (Fsp3) is 0.306. The van der Waals surface area contributed by atoms with Crippen LogP contribution in [0.2, 0.25) is 17.3 Å². The van der Waals surface area contributed by atoms with Crippen molar-refractivity contribution >= 4 is 39.6 Å². The molecule has 1 saturated carbocycles. The molecule has 1 radical (unpaired) electrons. The molecule has 4 aromatic carbocycles. The van der Waals surface area contributed by atoms with E-state index in [4.69, 9.17) is 9.40 Å². The summed E-state index contributed by atoms with van der Waals surface area (Å²) >= 11 is -1.89. The number of aryl methyl sites for hydroxylation is 1. The molecule has 3 heterocycles. The van der Waals surface area contributed by atoms with Gasteiger partial charge in [0.1, 0.15) is 5.58 Å². The number of pyridine rings is 2. The van der Waals surface area contributed by atoms with E-state index in [1.807, 2.05) is 18.3 Å². The van der Waals surface area contributed by atoms with Gasteiger partial charge in [-0.05, 0) is 53.1 Å². The van der Waals surface area contributed by atoms with Gasteiger partial charge < -0.3 is 9.40 Å². The summed E-state index contributed by atoms with van der Waals surface area (Å²) in [5, 5.41) is 2.20. The van der Waals surface area contributed by atoms with Crippen LogP contribution in [0.1, 0.15) is 75.0 Å². The van der Waals surface area contributed by atoms with E-state index >= 15 is 0 Å². The maximum absolute atomic E-state index is 6.21. The average Bonchev–Trinajstić information content (AvgIpc) is 3.83. The zero-order chi connectivity index (χ0) is 37.0. The van der Waals surface area contributed by atoms with Crippen molar-refractivity contribution in [2.45, 2.75) is 88.9 Å². The van der Waals surface area contributed by atoms with Crippen LogP contribution in [0.5, 0.6) is 0 Å². The molecule has 3 nitrogen and oxygen atoms in total. The Bertz CT molecular complexity index is 2310. The van der Waals surface area contributed by atoms with E-state index in [1.165, 1.54) is 48.8 Å². The molecule has 0 saturated heterocycles. The van der Waals surface area contributed by atoms with Crippen LogP contribution in [0.25, 0.3) is 55.6 Å². The number of hydrogen-bond acceptors (Lipinski definition) is 3. The number of aromatic nitrogens is 2. The Labute approximate surface area is 338 Å². The summed E-state index contributed by atoms with van der Waals surface area (Å²) in [6.45, 7) is 6.63. The third kappa shape index (κ3) is 8.99. The Kier molecular flexibility index (Phi) is 13.1. The second-order valence-electron chi connectivity index (χ2n) is 15.8. The molecule has 54 heavy (non-hydrogen) atoms. The van der Waals surface area contributed by atoms with Gasteiger partial charge in [0.2, 0.25) is 0 Å². The number of rotatable bonds is 9.